The maximum absolute atomic E-state index is 11.8. The largest absolute Gasteiger partial charge is 0.497 e. The van der Waals surface area contributed by atoms with E-state index in [9.17, 15) is 9.59 Å². The van der Waals surface area contributed by atoms with Crippen LogP contribution in [0.25, 0.3) is 0 Å². The highest BCUT2D eigenvalue weighted by Gasteiger charge is 2.27. The third-order valence-corrected chi connectivity index (χ3v) is 3.69. The van der Waals surface area contributed by atoms with Gasteiger partial charge >= 0.3 is 6.03 Å². The smallest absolute Gasteiger partial charge is 0.321 e. The highest BCUT2D eigenvalue weighted by Crippen LogP contribution is 2.32. The van der Waals surface area contributed by atoms with Crippen LogP contribution in [0.5, 0.6) is 5.75 Å². The maximum Gasteiger partial charge on any atom is 0.321 e. The van der Waals surface area contributed by atoms with Crippen molar-refractivity contribution < 1.29 is 14.3 Å². The van der Waals surface area contributed by atoms with Crippen LogP contribution in [-0.4, -0.2) is 44.1 Å². The molecule has 114 valence electrons. The number of ether oxygens (including phenoxy) is 1. The molecule has 6 heteroatoms. The zero-order valence-electron chi connectivity index (χ0n) is 12.4. The number of carbonyl (C=O) groups excluding carboxylic acids is 2. The van der Waals surface area contributed by atoms with E-state index in [-0.39, 0.29) is 18.5 Å². The Kier molecular flexibility index (Phi) is 5.16. The van der Waals surface area contributed by atoms with E-state index in [0.29, 0.717) is 0 Å². The van der Waals surface area contributed by atoms with E-state index >= 15 is 0 Å². The summed E-state index contributed by atoms with van der Waals surface area (Å²) in [5.41, 5.74) is 1.17. The van der Waals surface area contributed by atoms with E-state index in [4.69, 9.17) is 4.74 Å². The van der Waals surface area contributed by atoms with Crippen molar-refractivity contribution in [3.63, 3.8) is 0 Å². The Labute approximate surface area is 124 Å². The lowest BCUT2D eigenvalue weighted by Crippen LogP contribution is -2.43. The van der Waals surface area contributed by atoms with Crippen LogP contribution in [0.2, 0.25) is 0 Å². The van der Waals surface area contributed by atoms with E-state index < -0.39 is 6.03 Å². The first-order valence-corrected chi connectivity index (χ1v) is 7.03. The quantitative estimate of drug-likeness (QED) is 0.877. The molecule has 1 fully saturated rings. The zero-order chi connectivity index (χ0) is 15.2. The average Bonchev–Trinajstić information content (AvgIpc) is 2.95. The molecule has 1 heterocycles. The molecule has 2 N–H and O–H groups in total. The monoisotopic (exact) mass is 291 g/mol. The molecule has 6 nitrogen and oxygen atoms in total. The minimum atomic E-state index is -0.472. The van der Waals surface area contributed by atoms with Crippen molar-refractivity contribution in [3.8, 4) is 5.75 Å². The van der Waals surface area contributed by atoms with Crippen molar-refractivity contribution in [2.75, 3.05) is 27.2 Å². The summed E-state index contributed by atoms with van der Waals surface area (Å²) in [7, 11) is 3.12. The van der Waals surface area contributed by atoms with E-state index in [0.717, 1.165) is 25.1 Å². The van der Waals surface area contributed by atoms with Crippen molar-refractivity contribution in [1.82, 2.24) is 15.5 Å². The summed E-state index contributed by atoms with van der Waals surface area (Å²) in [6, 6.07) is 7.65. The number of imide groups is 1. The SMILES string of the molecule is CNC(=O)NC(=O)CN1CCCC1c1ccc(OC)cc1. The van der Waals surface area contributed by atoms with Gasteiger partial charge in [0.05, 0.1) is 13.7 Å². The fourth-order valence-electron chi connectivity index (χ4n) is 2.63. The molecule has 1 unspecified atom stereocenters. The first kappa shape index (κ1) is 15.3. The van der Waals surface area contributed by atoms with Gasteiger partial charge in [0.15, 0.2) is 0 Å². The minimum Gasteiger partial charge on any atom is -0.497 e. The van der Waals surface area contributed by atoms with Gasteiger partial charge in [-0.1, -0.05) is 12.1 Å². The van der Waals surface area contributed by atoms with E-state index in [1.807, 2.05) is 24.3 Å². The molecule has 1 aliphatic rings. The second-order valence-corrected chi connectivity index (χ2v) is 5.03. The minimum absolute atomic E-state index is 0.214. The van der Waals surface area contributed by atoms with Gasteiger partial charge in [0.1, 0.15) is 5.75 Å². The van der Waals surface area contributed by atoms with E-state index in [1.165, 1.54) is 12.6 Å². The fourth-order valence-corrected chi connectivity index (χ4v) is 2.63. The third-order valence-electron chi connectivity index (χ3n) is 3.69. The molecular formula is C15H21N3O3. The van der Waals surface area contributed by atoms with Crippen LogP contribution in [0, 0.1) is 0 Å². The zero-order valence-corrected chi connectivity index (χ0v) is 12.4. The molecule has 1 aromatic rings. The second-order valence-electron chi connectivity index (χ2n) is 5.03. The Morgan fingerprint density at radius 3 is 2.67 bits per heavy atom. The number of urea groups is 1. The normalized spacial score (nSPS) is 18.3. The molecule has 0 radical (unpaired) electrons. The molecule has 0 saturated carbocycles. The number of carbonyl (C=O) groups is 2. The predicted octanol–water partition coefficient (Wildman–Crippen LogP) is 1.29. The van der Waals surface area contributed by atoms with Gasteiger partial charge < -0.3 is 10.1 Å². The van der Waals surface area contributed by atoms with Crippen LogP contribution in [-0.2, 0) is 4.79 Å². The number of nitrogens with zero attached hydrogens (tertiary/aromatic N) is 1. The van der Waals surface area contributed by atoms with E-state index in [1.54, 1.807) is 7.11 Å². The average molecular weight is 291 g/mol. The molecule has 1 atom stereocenters. The van der Waals surface area contributed by atoms with Crippen LogP contribution in [0.3, 0.4) is 0 Å². The fraction of sp³-hybridized carbons (Fsp3) is 0.467. The topological polar surface area (TPSA) is 70.7 Å². The lowest BCUT2D eigenvalue weighted by atomic mass is 10.0. The number of benzene rings is 1. The van der Waals surface area contributed by atoms with Gasteiger partial charge in [0, 0.05) is 13.1 Å². The van der Waals surface area contributed by atoms with Gasteiger partial charge in [-0.25, -0.2) is 4.79 Å². The predicted molar refractivity (Wildman–Crippen MR) is 79.1 cm³/mol. The van der Waals surface area contributed by atoms with Gasteiger partial charge in [-0.05, 0) is 37.1 Å². The summed E-state index contributed by atoms with van der Waals surface area (Å²) >= 11 is 0. The highest BCUT2D eigenvalue weighted by molar-refractivity contribution is 5.95. The molecule has 1 aromatic carbocycles. The summed E-state index contributed by atoms with van der Waals surface area (Å²) < 4.78 is 5.16. The van der Waals surface area contributed by atoms with Crippen molar-refractivity contribution in [3.05, 3.63) is 29.8 Å². The Morgan fingerprint density at radius 1 is 1.33 bits per heavy atom. The lowest BCUT2D eigenvalue weighted by Gasteiger charge is -2.24. The summed E-state index contributed by atoms with van der Waals surface area (Å²) in [5, 5.41) is 4.67. The number of nitrogens with one attached hydrogen (secondary N) is 2. The number of amides is 3. The molecule has 21 heavy (non-hydrogen) atoms. The number of hydrogen-bond donors (Lipinski definition) is 2. The molecule has 1 saturated heterocycles. The van der Waals surface area contributed by atoms with Gasteiger partial charge in [-0.3, -0.25) is 15.0 Å². The Bertz CT molecular complexity index is 501. The Hall–Kier alpha value is -2.08. The van der Waals surface area contributed by atoms with Crippen molar-refractivity contribution in [2.45, 2.75) is 18.9 Å². The molecule has 0 aromatic heterocycles. The Balaban J connectivity index is 1.99. The number of methoxy groups -OCH3 is 1. The van der Waals surface area contributed by atoms with Crippen molar-refractivity contribution in [1.29, 1.82) is 0 Å². The van der Waals surface area contributed by atoms with Crippen LogP contribution in [0.1, 0.15) is 24.4 Å². The van der Waals surface area contributed by atoms with Crippen molar-refractivity contribution >= 4 is 11.9 Å². The molecule has 1 aliphatic heterocycles. The van der Waals surface area contributed by atoms with Crippen LogP contribution < -0.4 is 15.4 Å². The molecule has 2 rings (SSSR count). The molecule has 0 bridgehead atoms. The molecule has 0 spiro atoms. The van der Waals surface area contributed by atoms with Gasteiger partial charge in [0.2, 0.25) is 5.91 Å². The van der Waals surface area contributed by atoms with Crippen molar-refractivity contribution in [2.24, 2.45) is 0 Å². The number of rotatable bonds is 4. The summed E-state index contributed by atoms with van der Waals surface area (Å²) in [5.74, 6) is 0.537. The first-order valence-electron chi connectivity index (χ1n) is 7.03. The summed E-state index contributed by atoms with van der Waals surface area (Å²) in [6.07, 6.45) is 2.06. The number of hydrogen-bond acceptors (Lipinski definition) is 4. The van der Waals surface area contributed by atoms with Gasteiger partial charge in [-0.2, -0.15) is 0 Å². The van der Waals surface area contributed by atoms with E-state index in [2.05, 4.69) is 15.5 Å². The van der Waals surface area contributed by atoms with Crippen LogP contribution >= 0.6 is 0 Å². The second kappa shape index (κ2) is 7.08. The van der Waals surface area contributed by atoms with Crippen LogP contribution in [0.4, 0.5) is 4.79 Å². The lowest BCUT2D eigenvalue weighted by molar-refractivity contribution is -0.121. The maximum atomic E-state index is 11.8. The summed E-state index contributed by atoms with van der Waals surface area (Å²) in [6.45, 7) is 1.09. The van der Waals surface area contributed by atoms with Crippen LogP contribution in [0.15, 0.2) is 24.3 Å². The molecule has 3 amide bonds. The van der Waals surface area contributed by atoms with Gasteiger partial charge in [0.25, 0.3) is 0 Å². The third kappa shape index (κ3) is 3.95. The molecule has 0 aliphatic carbocycles. The summed E-state index contributed by atoms with van der Waals surface area (Å²) in [4.78, 5) is 25.1. The Morgan fingerprint density at radius 2 is 2.05 bits per heavy atom. The number of likely N-dealkylation sites (tertiary alicyclic amines) is 1. The standard InChI is InChI=1S/C15H21N3O3/c1-16-15(20)17-14(19)10-18-9-3-4-13(18)11-5-7-12(21-2)8-6-11/h5-8,13H,3-4,9-10H2,1-2H3,(H2,16,17,19,20). The van der Waals surface area contributed by atoms with Gasteiger partial charge in [-0.15, -0.1) is 0 Å². The highest BCUT2D eigenvalue weighted by atomic mass is 16.5. The first-order chi connectivity index (χ1) is 10.1. The molecular weight excluding hydrogens is 270 g/mol.